The van der Waals surface area contributed by atoms with Crippen LogP contribution in [0.4, 0.5) is 4.39 Å². The van der Waals surface area contributed by atoms with E-state index in [9.17, 15) is 4.39 Å². The molecule has 108 valence electrons. The molecule has 0 saturated carbocycles. The van der Waals surface area contributed by atoms with Gasteiger partial charge in [-0.05, 0) is 24.6 Å². The Balaban J connectivity index is 1.96. The van der Waals surface area contributed by atoms with E-state index >= 15 is 0 Å². The van der Waals surface area contributed by atoms with E-state index in [1.165, 1.54) is 23.5 Å². The zero-order chi connectivity index (χ0) is 14.4. The molecule has 0 radical (unpaired) electrons. The first-order valence-electron chi connectivity index (χ1n) is 6.49. The molecule has 0 spiro atoms. The zero-order valence-corrected chi connectivity index (χ0v) is 12.5. The van der Waals surface area contributed by atoms with Crippen LogP contribution in [-0.4, -0.2) is 37.0 Å². The monoisotopic (exact) mass is 295 g/mol. The number of methoxy groups -OCH3 is 1. The highest BCUT2D eigenvalue weighted by Crippen LogP contribution is 2.27. The van der Waals surface area contributed by atoms with Crippen molar-refractivity contribution in [3.63, 3.8) is 0 Å². The van der Waals surface area contributed by atoms with Crippen LogP contribution in [0.5, 0.6) is 0 Å². The molecule has 1 N–H and O–H groups in total. The van der Waals surface area contributed by atoms with E-state index in [4.69, 9.17) is 4.74 Å². The Morgan fingerprint density at radius 1 is 1.30 bits per heavy atom. The average molecular weight is 295 g/mol. The van der Waals surface area contributed by atoms with Crippen LogP contribution in [0.1, 0.15) is 10.6 Å². The van der Waals surface area contributed by atoms with Crippen molar-refractivity contribution in [2.75, 3.05) is 26.8 Å². The molecule has 0 amide bonds. The third-order valence-electron chi connectivity index (χ3n) is 2.90. The molecule has 0 atom stereocenters. The van der Waals surface area contributed by atoms with Crippen LogP contribution in [0.25, 0.3) is 10.6 Å². The first kappa shape index (κ1) is 15.0. The third-order valence-corrected chi connectivity index (χ3v) is 3.91. The van der Waals surface area contributed by atoms with Gasteiger partial charge in [-0.2, -0.15) is 0 Å². The van der Waals surface area contributed by atoms with Crippen LogP contribution in [0.15, 0.2) is 18.2 Å². The molecule has 4 nitrogen and oxygen atoms in total. The third kappa shape index (κ3) is 4.06. The first-order chi connectivity index (χ1) is 9.70. The van der Waals surface area contributed by atoms with Gasteiger partial charge in [-0.15, -0.1) is 10.2 Å². The van der Waals surface area contributed by atoms with Crippen LogP contribution in [0, 0.1) is 12.7 Å². The van der Waals surface area contributed by atoms with E-state index < -0.39 is 0 Å². The van der Waals surface area contributed by atoms with Gasteiger partial charge in [-0.25, -0.2) is 4.39 Å². The molecule has 0 aliphatic heterocycles. The summed E-state index contributed by atoms with van der Waals surface area (Å²) in [5.41, 5.74) is 1.83. The Labute approximate surface area is 122 Å². The highest BCUT2D eigenvalue weighted by atomic mass is 32.1. The molecule has 0 bridgehead atoms. The number of hydrogen-bond acceptors (Lipinski definition) is 5. The van der Waals surface area contributed by atoms with Crippen molar-refractivity contribution in [1.82, 2.24) is 15.5 Å². The quantitative estimate of drug-likeness (QED) is 0.797. The summed E-state index contributed by atoms with van der Waals surface area (Å²) in [7, 11) is 1.68. The lowest BCUT2D eigenvalue weighted by Gasteiger charge is -2.01. The molecule has 0 unspecified atom stereocenters. The van der Waals surface area contributed by atoms with Crippen LogP contribution < -0.4 is 5.32 Å². The molecule has 6 heteroatoms. The summed E-state index contributed by atoms with van der Waals surface area (Å²) in [6.07, 6.45) is 0.815. The van der Waals surface area contributed by atoms with E-state index in [1.807, 2.05) is 6.92 Å². The molecule has 20 heavy (non-hydrogen) atoms. The highest BCUT2D eigenvalue weighted by Gasteiger charge is 2.10. The highest BCUT2D eigenvalue weighted by molar-refractivity contribution is 7.14. The number of nitrogens with one attached hydrogen (secondary N) is 1. The van der Waals surface area contributed by atoms with Crippen LogP contribution in [0.3, 0.4) is 0 Å². The average Bonchev–Trinajstić information content (AvgIpc) is 2.90. The summed E-state index contributed by atoms with van der Waals surface area (Å²) in [6.45, 7) is 4.30. The number of halogens is 1. The Kier molecular flexibility index (Phi) is 5.58. The van der Waals surface area contributed by atoms with Crippen molar-refractivity contribution in [3.05, 3.63) is 34.6 Å². The van der Waals surface area contributed by atoms with Gasteiger partial charge < -0.3 is 10.1 Å². The molecule has 1 aromatic carbocycles. The van der Waals surface area contributed by atoms with Crippen molar-refractivity contribution in [2.45, 2.75) is 13.3 Å². The van der Waals surface area contributed by atoms with Crippen molar-refractivity contribution in [3.8, 4) is 10.6 Å². The fraction of sp³-hybridized carbons (Fsp3) is 0.429. The Morgan fingerprint density at radius 2 is 2.15 bits per heavy atom. The number of benzene rings is 1. The minimum atomic E-state index is -0.247. The normalized spacial score (nSPS) is 10.9. The van der Waals surface area contributed by atoms with Crippen molar-refractivity contribution in [1.29, 1.82) is 0 Å². The molecular formula is C14H18FN3OS. The molecule has 2 rings (SSSR count). The van der Waals surface area contributed by atoms with Crippen molar-refractivity contribution < 1.29 is 9.13 Å². The molecule has 2 aromatic rings. The predicted octanol–water partition coefficient (Wildman–Crippen LogP) is 2.43. The number of aromatic nitrogens is 2. The van der Waals surface area contributed by atoms with E-state index in [1.54, 1.807) is 13.2 Å². The summed E-state index contributed by atoms with van der Waals surface area (Å²) in [6, 6.07) is 4.73. The number of aryl methyl sites for hydroxylation is 1. The van der Waals surface area contributed by atoms with Crippen molar-refractivity contribution in [2.24, 2.45) is 0 Å². The number of rotatable bonds is 7. The number of nitrogens with zero attached hydrogens (tertiary/aromatic N) is 2. The van der Waals surface area contributed by atoms with Gasteiger partial charge in [-0.1, -0.05) is 17.4 Å². The lowest BCUT2D eigenvalue weighted by Crippen LogP contribution is -2.21. The van der Waals surface area contributed by atoms with Gasteiger partial charge in [0.1, 0.15) is 15.8 Å². The second-order valence-corrected chi connectivity index (χ2v) is 5.52. The molecule has 1 aromatic heterocycles. The minimum Gasteiger partial charge on any atom is -0.383 e. The van der Waals surface area contributed by atoms with Crippen molar-refractivity contribution >= 4 is 11.3 Å². The number of ether oxygens (including phenoxy) is 1. The maximum atomic E-state index is 13.3. The SMILES string of the molecule is COCCNCCc1nnc(-c2cc(F)ccc2C)s1. The fourth-order valence-corrected chi connectivity index (χ4v) is 2.70. The zero-order valence-electron chi connectivity index (χ0n) is 11.6. The van der Waals surface area contributed by atoms with E-state index in [0.717, 1.165) is 40.7 Å². The minimum absolute atomic E-state index is 0.247. The van der Waals surface area contributed by atoms with Crippen LogP contribution in [0.2, 0.25) is 0 Å². The van der Waals surface area contributed by atoms with Gasteiger partial charge in [0.25, 0.3) is 0 Å². The van der Waals surface area contributed by atoms with E-state index in [0.29, 0.717) is 6.61 Å². The predicted molar refractivity (Wildman–Crippen MR) is 78.5 cm³/mol. The standard InChI is InChI=1S/C14H18FN3OS/c1-10-3-4-11(15)9-12(10)14-18-17-13(20-14)5-6-16-7-8-19-2/h3-4,9,16H,5-8H2,1-2H3. The van der Waals surface area contributed by atoms with Gasteiger partial charge in [0, 0.05) is 32.2 Å². The first-order valence-corrected chi connectivity index (χ1v) is 7.31. The molecule has 0 aliphatic rings. The smallest absolute Gasteiger partial charge is 0.148 e. The second kappa shape index (κ2) is 7.42. The Morgan fingerprint density at radius 3 is 2.95 bits per heavy atom. The van der Waals surface area contributed by atoms with Crippen LogP contribution >= 0.6 is 11.3 Å². The maximum Gasteiger partial charge on any atom is 0.148 e. The lowest BCUT2D eigenvalue weighted by molar-refractivity contribution is 0.199. The second-order valence-electron chi connectivity index (χ2n) is 4.45. The van der Waals surface area contributed by atoms with E-state index in [-0.39, 0.29) is 5.82 Å². The van der Waals surface area contributed by atoms with Gasteiger partial charge in [-0.3, -0.25) is 0 Å². The maximum absolute atomic E-state index is 13.3. The van der Waals surface area contributed by atoms with Crippen LogP contribution in [-0.2, 0) is 11.2 Å². The molecule has 0 saturated heterocycles. The summed E-state index contributed by atoms with van der Waals surface area (Å²) in [5, 5.41) is 13.3. The van der Waals surface area contributed by atoms with Gasteiger partial charge in [0.05, 0.1) is 6.61 Å². The molecule has 0 aliphatic carbocycles. The summed E-state index contributed by atoms with van der Waals surface area (Å²) in [4.78, 5) is 0. The van der Waals surface area contributed by atoms with E-state index in [2.05, 4.69) is 15.5 Å². The lowest BCUT2D eigenvalue weighted by atomic mass is 10.1. The Bertz CT molecular complexity index is 559. The Hall–Kier alpha value is -1.37. The topological polar surface area (TPSA) is 47.0 Å². The largest absolute Gasteiger partial charge is 0.383 e. The van der Waals surface area contributed by atoms with Gasteiger partial charge in [0.15, 0.2) is 0 Å². The fourth-order valence-electron chi connectivity index (χ4n) is 1.78. The summed E-state index contributed by atoms with van der Waals surface area (Å²) >= 11 is 1.51. The van der Waals surface area contributed by atoms with Gasteiger partial charge >= 0.3 is 0 Å². The molecular weight excluding hydrogens is 277 g/mol. The summed E-state index contributed by atoms with van der Waals surface area (Å²) in [5.74, 6) is -0.247. The molecule has 0 fully saturated rings. The van der Waals surface area contributed by atoms with Gasteiger partial charge in [0.2, 0.25) is 0 Å². The molecule has 1 heterocycles. The summed E-state index contributed by atoms with van der Waals surface area (Å²) < 4.78 is 18.3. The number of hydrogen-bond donors (Lipinski definition) is 1.